The van der Waals surface area contributed by atoms with Crippen LogP contribution in [0.5, 0.6) is 0 Å². The first-order chi connectivity index (χ1) is 9.49. The van der Waals surface area contributed by atoms with E-state index in [9.17, 15) is 19.5 Å². The second-order valence-corrected chi connectivity index (χ2v) is 4.63. The lowest BCUT2D eigenvalue weighted by atomic mass is 9.75. The van der Waals surface area contributed by atoms with Crippen molar-refractivity contribution in [3.05, 3.63) is 0 Å². The van der Waals surface area contributed by atoms with E-state index in [4.69, 9.17) is 14.2 Å². The number of aliphatic hydroxyl groups is 1. The van der Waals surface area contributed by atoms with Crippen molar-refractivity contribution in [2.24, 2.45) is 11.8 Å². The van der Waals surface area contributed by atoms with Crippen molar-refractivity contribution >= 4 is 18.1 Å². The number of fused-ring (bicyclic) bond motifs is 1. The zero-order valence-corrected chi connectivity index (χ0v) is 11.1. The lowest BCUT2D eigenvalue weighted by molar-refractivity contribution is -0.169. The number of aliphatic hydroxyl groups excluding tert-OH is 1. The van der Waals surface area contributed by atoms with Crippen LogP contribution in [0.3, 0.4) is 0 Å². The Balaban J connectivity index is 2.23. The topological polar surface area (TPSA) is 108 Å². The fraction of sp³-hybridized carbons (Fsp3) is 0.750. The van der Waals surface area contributed by atoms with Crippen LogP contribution in [0.25, 0.3) is 0 Å². The molecule has 2 fully saturated rings. The lowest BCUT2D eigenvalue weighted by Gasteiger charge is -2.36. The first kappa shape index (κ1) is 14.6. The van der Waals surface area contributed by atoms with E-state index in [2.05, 4.69) is 4.74 Å². The summed E-state index contributed by atoms with van der Waals surface area (Å²) < 4.78 is 19.2. The Hall–Kier alpha value is -1.83. The second kappa shape index (κ2) is 5.66. The highest BCUT2D eigenvalue weighted by molar-refractivity contribution is 5.79. The van der Waals surface area contributed by atoms with Crippen LogP contribution in [0.2, 0.25) is 0 Å². The molecule has 1 saturated carbocycles. The van der Waals surface area contributed by atoms with Gasteiger partial charge < -0.3 is 24.1 Å². The average molecular weight is 288 g/mol. The van der Waals surface area contributed by atoms with Crippen LogP contribution in [0, 0.1) is 11.8 Å². The van der Waals surface area contributed by atoms with Crippen LogP contribution in [0.1, 0.15) is 13.3 Å². The van der Waals surface area contributed by atoms with Crippen molar-refractivity contribution in [2.45, 2.75) is 31.7 Å². The zero-order chi connectivity index (χ0) is 14.9. The highest BCUT2D eigenvalue weighted by Crippen LogP contribution is 2.38. The molecule has 0 aromatic carbocycles. The summed E-state index contributed by atoms with van der Waals surface area (Å²) in [7, 11) is 1.19. The summed E-state index contributed by atoms with van der Waals surface area (Å²) in [4.78, 5) is 34.8. The van der Waals surface area contributed by atoms with Crippen LogP contribution in [-0.2, 0) is 28.5 Å². The number of rotatable bonds is 3. The van der Waals surface area contributed by atoms with E-state index >= 15 is 0 Å². The molecule has 1 saturated heterocycles. The normalized spacial score (nSPS) is 35.5. The zero-order valence-electron chi connectivity index (χ0n) is 11.1. The molecule has 8 heteroatoms. The Kier molecular flexibility index (Phi) is 4.12. The molecule has 0 radical (unpaired) electrons. The molecule has 0 aromatic rings. The van der Waals surface area contributed by atoms with Crippen molar-refractivity contribution in [1.29, 1.82) is 0 Å². The molecule has 20 heavy (non-hydrogen) atoms. The minimum absolute atomic E-state index is 0.0233. The fourth-order valence-corrected chi connectivity index (χ4v) is 2.60. The molecular formula is C12H16O8. The molecule has 5 atom stereocenters. The molecule has 1 heterocycles. The Labute approximate surface area is 114 Å². The molecule has 0 spiro atoms. The van der Waals surface area contributed by atoms with Gasteiger partial charge in [0.15, 0.2) is 12.2 Å². The largest absolute Gasteiger partial charge is 0.509 e. The van der Waals surface area contributed by atoms with Gasteiger partial charge in [-0.05, 0) is 13.3 Å². The van der Waals surface area contributed by atoms with Crippen molar-refractivity contribution < 1.29 is 38.4 Å². The minimum atomic E-state index is -1.27. The van der Waals surface area contributed by atoms with Gasteiger partial charge in [0.05, 0.1) is 25.6 Å². The van der Waals surface area contributed by atoms with Crippen molar-refractivity contribution in [3.8, 4) is 0 Å². The molecule has 1 aliphatic heterocycles. The molecule has 0 amide bonds. The third-order valence-corrected chi connectivity index (χ3v) is 3.53. The predicted octanol–water partition coefficient (Wildman–Crippen LogP) is -0.377. The summed E-state index contributed by atoms with van der Waals surface area (Å²) in [5.74, 6) is -3.10. The number of carbonyl (C=O) groups excluding carboxylic acids is 3. The van der Waals surface area contributed by atoms with Gasteiger partial charge in [0.2, 0.25) is 0 Å². The van der Waals surface area contributed by atoms with Gasteiger partial charge in [0.1, 0.15) is 6.10 Å². The minimum Gasteiger partial charge on any atom is -0.469 e. The number of ether oxygens (including phenoxy) is 4. The highest BCUT2D eigenvalue weighted by Gasteiger charge is 2.57. The molecule has 8 nitrogen and oxygen atoms in total. The van der Waals surface area contributed by atoms with Crippen molar-refractivity contribution in [2.75, 3.05) is 13.7 Å². The molecular weight excluding hydrogens is 272 g/mol. The molecule has 112 valence electrons. The van der Waals surface area contributed by atoms with Crippen LogP contribution in [0.4, 0.5) is 4.79 Å². The van der Waals surface area contributed by atoms with Gasteiger partial charge in [0, 0.05) is 0 Å². The maximum Gasteiger partial charge on any atom is 0.509 e. The molecule has 0 unspecified atom stereocenters. The average Bonchev–Trinajstić information content (AvgIpc) is 2.81. The number of hydrogen-bond donors (Lipinski definition) is 1. The van der Waals surface area contributed by atoms with E-state index in [0.717, 1.165) is 0 Å². The van der Waals surface area contributed by atoms with E-state index < -0.39 is 48.2 Å². The van der Waals surface area contributed by atoms with Crippen molar-refractivity contribution in [1.82, 2.24) is 0 Å². The molecule has 2 aliphatic rings. The molecule has 0 aromatic heterocycles. The van der Waals surface area contributed by atoms with E-state index in [-0.39, 0.29) is 13.0 Å². The number of hydrogen-bond acceptors (Lipinski definition) is 8. The number of methoxy groups -OCH3 is 1. The van der Waals surface area contributed by atoms with Gasteiger partial charge in [-0.3, -0.25) is 9.59 Å². The fourth-order valence-electron chi connectivity index (χ4n) is 2.60. The molecule has 1 N–H and O–H groups in total. The van der Waals surface area contributed by atoms with E-state index in [0.29, 0.717) is 0 Å². The van der Waals surface area contributed by atoms with Gasteiger partial charge in [0.25, 0.3) is 0 Å². The Morgan fingerprint density at radius 1 is 1.25 bits per heavy atom. The Morgan fingerprint density at radius 3 is 2.50 bits per heavy atom. The highest BCUT2D eigenvalue weighted by atomic mass is 16.8. The smallest absolute Gasteiger partial charge is 0.469 e. The SMILES string of the molecule is CCOC(=O)[C@@H]1C[C@@H](C(=O)OC)[C@@H]2OC(=O)O[C@@H]2[C@H]1O. The van der Waals surface area contributed by atoms with Gasteiger partial charge in [-0.25, -0.2) is 4.79 Å². The predicted molar refractivity (Wildman–Crippen MR) is 61.4 cm³/mol. The Morgan fingerprint density at radius 2 is 1.90 bits per heavy atom. The van der Waals surface area contributed by atoms with E-state index in [1.807, 2.05) is 0 Å². The quantitative estimate of drug-likeness (QED) is 0.553. The van der Waals surface area contributed by atoms with Gasteiger partial charge in [-0.2, -0.15) is 0 Å². The van der Waals surface area contributed by atoms with Crippen LogP contribution < -0.4 is 0 Å². The molecule has 1 aliphatic carbocycles. The van der Waals surface area contributed by atoms with Gasteiger partial charge in [-0.1, -0.05) is 0 Å². The van der Waals surface area contributed by atoms with Crippen molar-refractivity contribution in [3.63, 3.8) is 0 Å². The monoisotopic (exact) mass is 288 g/mol. The summed E-state index contributed by atoms with van der Waals surface area (Å²) in [6.07, 6.45) is -4.29. The lowest BCUT2D eigenvalue weighted by Crippen LogP contribution is -2.54. The van der Waals surface area contributed by atoms with Gasteiger partial charge in [-0.15, -0.1) is 0 Å². The number of esters is 2. The first-order valence-electron chi connectivity index (χ1n) is 6.29. The van der Waals surface area contributed by atoms with Gasteiger partial charge >= 0.3 is 18.1 Å². The first-order valence-corrected chi connectivity index (χ1v) is 6.29. The maximum absolute atomic E-state index is 11.8. The molecule has 2 rings (SSSR count). The number of carbonyl (C=O) groups is 3. The van der Waals surface area contributed by atoms with Crippen LogP contribution >= 0.6 is 0 Å². The summed E-state index contributed by atoms with van der Waals surface area (Å²) in [6.45, 7) is 1.78. The second-order valence-electron chi connectivity index (χ2n) is 4.63. The molecule has 0 bridgehead atoms. The van der Waals surface area contributed by atoms with E-state index in [1.165, 1.54) is 7.11 Å². The van der Waals surface area contributed by atoms with Crippen LogP contribution in [-0.4, -0.2) is 55.2 Å². The van der Waals surface area contributed by atoms with E-state index in [1.54, 1.807) is 6.92 Å². The summed E-state index contributed by atoms with van der Waals surface area (Å²) in [5, 5.41) is 10.1. The maximum atomic E-state index is 11.8. The third-order valence-electron chi connectivity index (χ3n) is 3.53. The van der Waals surface area contributed by atoms with Crippen LogP contribution in [0.15, 0.2) is 0 Å². The standard InChI is InChI=1S/C12H16O8/c1-3-18-11(15)5-4-6(10(14)17-2)8-9(7(5)13)20-12(16)19-8/h5-9,13H,3-4H2,1-2H3/t5-,6-,7+,8+,9-/m1/s1. The Bertz CT molecular complexity index is 420. The third kappa shape index (κ3) is 2.43. The summed E-state index contributed by atoms with van der Waals surface area (Å²) in [5.41, 5.74) is 0. The summed E-state index contributed by atoms with van der Waals surface area (Å²) >= 11 is 0. The summed E-state index contributed by atoms with van der Waals surface area (Å²) in [6, 6.07) is 0.